The Morgan fingerprint density at radius 2 is 2.13 bits per heavy atom. The molecule has 0 radical (unpaired) electrons. The van der Waals surface area contributed by atoms with Crippen molar-refractivity contribution in [3.8, 4) is 0 Å². The highest BCUT2D eigenvalue weighted by molar-refractivity contribution is 5.96. The maximum absolute atomic E-state index is 13.3. The van der Waals surface area contributed by atoms with Crippen LogP contribution >= 0.6 is 0 Å². The molecule has 0 aliphatic carbocycles. The van der Waals surface area contributed by atoms with Crippen molar-refractivity contribution in [1.29, 1.82) is 0 Å². The largest absolute Gasteiger partial charge is 0.465 e. The molecule has 2 rings (SSSR count). The second kappa shape index (κ2) is 6.42. The van der Waals surface area contributed by atoms with Gasteiger partial charge in [0.1, 0.15) is 12.2 Å². The zero-order valence-electron chi connectivity index (χ0n) is 11.8. The molecule has 23 heavy (non-hydrogen) atoms. The topological polar surface area (TPSA) is 87.5 Å². The van der Waals surface area contributed by atoms with Crippen LogP contribution in [0.5, 0.6) is 0 Å². The zero-order valence-corrected chi connectivity index (χ0v) is 11.8. The highest BCUT2D eigenvalue weighted by atomic mass is 19.4. The number of aryl methyl sites for hydroxylation is 1. The van der Waals surface area contributed by atoms with E-state index in [2.05, 4.69) is 10.4 Å². The van der Waals surface area contributed by atoms with Crippen molar-refractivity contribution in [2.24, 2.45) is 0 Å². The van der Waals surface area contributed by atoms with Gasteiger partial charge in [0.05, 0.1) is 13.0 Å². The van der Waals surface area contributed by atoms with E-state index in [-0.39, 0.29) is 12.2 Å². The Hall–Kier alpha value is -2.33. The third kappa shape index (κ3) is 4.57. The number of carboxylic acid groups (broad SMARTS) is 1. The van der Waals surface area contributed by atoms with E-state index >= 15 is 0 Å². The third-order valence-electron chi connectivity index (χ3n) is 3.31. The van der Waals surface area contributed by atoms with E-state index in [0.29, 0.717) is 4.90 Å². The van der Waals surface area contributed by atoms with Gasteiger partial charge >= 0.3 is 12.3 Å². The van der Waals surface area contributed by atoms with E-state index in [1.54, 1.807) is 0 Å². The first-order valence-electron chi connectivity index (χ1n) is 6.70. The molecule has 2 atom stereocenters. The van der Waals surface area contributed by atoms with E-state index in [1.807, 2.05) is 0 Å². The molecule has 1 aliphatic rings. The van der Waals surface area contributed by atoms with Gasteiger partial charge in [0.2, 0.25) is 5.91 Å². The van der Waals surface area contributed by atoms with Gasteiger partial charge < -0.3 is 10.4 Å². The number of hydrogen-bond donors (Lipinski definition) is 2. The summed E-state index contributed by atoms with van der Waals surface area (Å²) in [7, 11) is 0. The zero-order chi connectivity index (χ0) is 17.2. The molecule has 0 aromatic carbocycles. The molecule has 128 valence electrons. The maximum atomic E-state index is 13.3. The Kier molecular flexibility index (Phi) is 4.76. The second-order valence-electron chi connectivity index (χ2n) is 5.10. The van der Waals surface area contributed by atoms with E-state index in [4.69, 9.17) is 5.11 Å². The molecule has 1 aromatic heterocycles. The van der Waals surface area contributed by atoms with E-state index < -0.39 is 49.9 Å². The lowest BCUT2D eigenvalue weighted by Crippen LogP contribution is -2.42. The second-order valence-corrected chi connectivity index (χ2v) is 5.10. The lowest BCUT2D eigenvalue weighted by Gasteiger charge is -2.19. The Morgan fingerprint density at radius 1 is 1.43 bits per heavy atom. The number of anilines is 1. The fourth-order valence-corrected chi connectivity index (χ4v) is 2.25. The minimum absolute atomic E-state index is 0.0233. The van der Waals surface area contributed by atoms with Crippen molar-refractivity contribution < 1.29 is 32.3 Å². The van der Waals surface area contributed by atoms with Crippen LogP contribution in [0.3, 0.4) is 0 Å². The molecule has 2 heterocycles. The molecular formula is C12H14F4N4O3. The number of alkyl halides is 4. The SMILES string of the molecule is O=C(Nc1ccn(CCC(F)(F)F)n1)[C@@H]1C[C@@H](F)CN1C(=O)O. The summed E-state index contributed by atoms with van der Waals surface area (Å²) >= 11 is 0. The molecule has 1 saturated heterocycles. The normalized spacial score (nSPS) is 21.5. The van der Waals surface area contributed by atoms with E-state index in [0.717, 1.165) is 4.68 Å². The van der Waals surface area contributed by atoms with Crippen LogP contribution in [0.25, 0.3) is 0 Å². The van der Waals surface area contributed by atoms with Gasteiger partial charge in [-0.15, -0.1) is 0 Å². The van der Waals surface area contributed by atoms with Gasteiger partial charge in [-0.1, -0.05) is 0 Å². The van der Waals surface area contributed by atoms with Crippen molar-refractivity contribution in [1.82, 2.24) is 14.7 Å². The molecule has 1 fully saturated rings. The van der Waals surface area contributed by atoms with E-state index in [1.165, 1.54) is 12.3 Å². The van der Waals surface area contributed by atoms with Gasteiger partial charge in [-0.3, -0.25) is 14.4 Å². The Balaban J connectivity index is 1.95. The Morgan fingerprint density at radius 3 is 2.74 bits per heavy atom. The van der Waals surface area contributed by atoms with Crippen LogP contribution in [0.1, 0.15) is 12.8 Å². The Labute approximate surface area is 127 Å². The van der Waals surface area contributed by atoms with Gasteiger partial charge in [0.25, 0.3) is 0 Å². The molecule has 11 heteroatoms. The van der Waals surface area contributed by atoms with Gasteiger partial charge in [-0.05, 0) is 0 Å². The van der Waals surface area contributed by atoms with Gasteiger partial charge in [0, 0.05) is 25.2 Å². The van der Waals surface area contributed by atoms with Crippen LogP contribution in [0.15, 0.2) is 12.3 Å². The highest BCUT2D eigenvalue weighted by Gasteiger charge is 2.40. The number of aromatic nitrogens is 2. The van der Waals surface area contributed by atoms with Gasteiger partial charge in [-0.25, -0.2) is 9.18 Å². The smallest absolute Gasteiger partial charge is 0.408 e. The first kappa shape index (κ1) is 17.0. The number of amides is 2. The molecule has 0 unspecified atom stereocenters. The van der Waals surface area contributed by atoms with Crippen molar-refractivity contribution in [3.63, 3.8) is 0 Å². The number of likely N-dealkylation sites (tertiary alicyclic amines) is 1. The van der Waals surface area contributed by atoms with Gasteiger partial charge in [-0.2, -0.15) is 18.3 Å². The lowest BCUT2D eigenvalue weighted by molar-refractivity contribution is -0.137. The summed E-state index contributed by atoms with van der Waals surface area (Å²) in [6.07, 6.45) is -7.26. The van der Waals surface area contributed by atoms with Crippen molar-refractivity contribution >= 4 is 17.8 Å². The molecule has 2 N–H and O–H groups in total. The summed E-state index contributed by atoms with van der Waals surface area (Å²) in [5.41, 5.74) is 0. The molecule has 2 amide bonds. The minimum atomic E-state index is -4.32. The third-order valence-corrected chi connectivity index (χ3v) is 3.31. The molecule has 0 bridgehead atoms. The van der Waals surface area contributed by atoms with Crippen molar-refractivity contribution in [2.75, 3.05) is 11.9 Å². The predicted octanol–water partition coefficient (Wildman–Crippen LogP) is 1.86. The van der Waals surface area contributed by atoms with Gasteiger partial charge in [0.15, 0.2) is 5.82 Å². The average Bonchev–Trinajstić information content (AvgIpc) is 3.02. The predicted molar refractivity (Wildman–Crippen MR) is 69.6 cm³/mol. The standard InChI is InChI=1S/C12H14F4N4O3/c13-7-5-8(20(6-7)11(22)23)10(21)17-9-1-3-19(18-9)4-2-12(14,15)16/h1,3,7-8H,2,4-6H2,(H,22,23)(H,17,18,21)/t7-,8+/m1/s1. The summed E-state index contributed by atoms with van der Waals surface area (Å²) in [4.78, 5) is 23.6. The average molecular weight is 338 g/mol. The van der Waals surface area contributed by atoms with Crippen LogP contribution in [-0.4, -0.2) is 56.7 Å². The summed E-state index contributed by atoms with van der Waals surface area (Å²) in [6.45, 7) is -0.802. The number of carbonyl (C=O) groups is 2. The summed E-state index contributed by atoms with van der Waals surface area (Å²) in [6, 6.07) is 0.0872. The number of nitrogens with zero attached hydrogens (tertiary/aromatic N) is 3. The van der Waals surface area contributed by atoms with Crippen molar-refractivity contribution in [3.05, 3.63) is 12.3 Å². The first-order chi connectivity index (χ1) is 10.7. The monoisotopic (exact) mass is 338 g/mol. The Bertz CT molecular complexity index is 589. The van der Waals surface area contributed by atoms with Crippen LogP contribution in [0.4, 0.5) is 28.2 Å². The number of hydrogen-bond acceptors (Lipinski definition) is 3. The number of rotatable bonds is 4. The molecule has 0 spiro atoms. The van der Waals surface area contributed by atoms with Crippen LogP contribution in [0.2, 0.25) is 0 Å². The maximum Gasteiger partial charge on any atom is 0.408 e. The molecular weight excluding hydrogens is 324 g/mol. The first-order valence-corrected chi connectivity index (χ1v) is 6.70. The fourth-order valence-electron chi connectivity index (χ4n) is 2.25. The van der Waals surface area contributed by atoms with E-state index in [9.17, 15) is 27.2 Å². The summed E-state index contributed by atoms with van der Waals surface area (Å²) < 4.78 is 50.6. The van der Waals surface area contributed by atoms with Crippen molar-refractivity contribution in [2.45, 2.75) is 37.8 Å². The van der Waals surface area contributed by atoms with Crippen LogP contribution in [-0.2, 0) is 11.3 Å². The van der Waals surface area contributed by atoms with Crippen LogP contribution in [0, 0.1) is 0 Å². The molecule has 7 nitrogen and oxygen atoms in total. The minimum Gasteiger partial charge on any atom is -0.465 e. The number of halogens is 4. The fraction of sp³-hybridized carbons (Fsp3) is 0.583. The number of carbonyl (C=O) groups excluding carboxylic acids is 1. The quantitative estimate of drug-likeness (QED) is 0.821. The lowest BCUT2D eigenvalue weighted by atomic mass is 10.2. The molecule has 1 aliphatic heterocycles. The summed E-state index contributed by atoms with van der Waals surface area (Å²) in [5, 5.41) is 14.9. The van der Waals surface area contributed by atoms with Crippen LogP contribution < -0.4 is 5.32 Å². The highest BCUT2D eigenvalue weighted by Crippen LogP contribution is 2.22. The summed E-state index contributed by atoms with van der Waals surface area (Å²) in [5.74, 6) is -0.793. The molecule has 1 aromatic rings. The molecule has 0 saturated carbocycles. The number of nitrogens with one attached hydrogen (secondary N) is 1.